The van der Waals surface area contributed by atoms with Gasteiger partial charge in [-0.25, -0.2) is 9.97 Å². The Bertz CT molecular complexity index is 555. The Labute approximate surface area is 125 Å². The van der Waals surface area contributed by atoms with Gasteiger partial charge in [0, 0.05) is 21.5 Å². The van der Waals surface area contributed by atoms with E-state index in [1.807, 2.05) is 19.1 Å². The first-order valence-corrected chi connectivity index (χ1v) is 7.24. The summed E-state index contributed by atoms with van der Waals surface area (Å²) in [4.78, 5) is 8.44. The van der Waals surface area contributed by atoms with E-state index in [4.69, 9.17) is 34.8 Å². The Morgan fingerprint density at radius 2 is 1.89 bits per heavy atom. The van der Waals surface area contributed by atoms with Crippen LogP contribution in [0.3, 0.4) is 0 Å². The Hall–Kier alpha value is -0.480. The van der Waals surface area contributed by atoms with Crippen molar-refractivity contribution in [3.8, 4) is 0 Å². The van der Waals surface area contributed by atoms with Crippen molar-refractivity contribution in [1.29, 1.82) is 0 Å². The molecule has 0 aliphatic heterocycles. The van der Waals surface area contributed by atoms with Crippen molar-refractivity contribution in [2.24, 2.45) is 0 Å². The molecule has 94 valence electrons. The molecular formula is C12H9Cl3N2S. The molecule has 18 heavy (non-hydrogen) atoms. The Balaban J connectivity index is 2.11. The predicted octanol–water partition coefficient (Wildman–Crippen LogP) is 5.04. The number of benzene rings is 1. The van der Waals surface area contributed by atoms with Crippen LogP contribution in [0, 0.1) is 6.92 Å². The zero-order chi connectivity index (χ0) is 13.1. The number of nitrogens with zero attached hydrogens (tertiary/aromatic N) is 2. The predicted molar refractivity (Wildman–Crippen MR) is 77.8 cm³/mol. The van der Waals surface area contributed by atoms with Crippen LogP contribution in [0.4, 0.5) is 0 Å². The Morgan fingerprint density at radius 3 is 2.56 bits per heavy atom. The van der Waals surface area contributed by atoms with Crippen LogP contribution in [0.2, 0.25) is 15.2 Å². The topological polar surface area (TPSA) is 25.8 Å². The van der Waals surface area contributed by atoms with Gasteiger partial charge in [0.05, 0.1) is 0 Å². The van der Waals surface area contributed by atoms with Gasteiger partial charge < -0.3 is 0 Å². The maximum Gasteiger partial charge on any atom is 0.189 e. The lowest BCUT2D eigenvalue weighted by molar-refractivity contribution is 0.932. The second-order valence-corrected chi connectivity index (χ2v) is 5.81. The third-order valence-electron chi connectivity index (χ3n) is 2.17. The summed E-state index contributed by atoms with van der Waals surface area (Å²) >= 11 is 19.3. The highest BCUT2D eigenvalue weighted by Crippen LogP contribution is 2.27. The van der Waals surface area contributed by atoms with Crippen LogP contribution < -0.4 is 0 Å². The van der Waals surface area contributed by atoms with Crippen LogP contribution in [0.1, 0.15) is 11.3 Å². The van der Waals surface area contributed by atoms with E-state index in [1.54, 1.807) is 12.1 Å². The van der Waals surface area contributed by atoms with Crippen molar-refractivity contribution in [2.45, 2.75) is 17.8 Å². The normalized spacial score (nSPS) is 10.7. The van der Waals surface area contributed by atoms with Crippen LogP contribution in [0.25, 0.3) is 0 Å². The summed E-state index contributed by atoms with van der Waals surface area (Å²) in [6.45, 7) is 1.88. The lowest BCUT2D eigenvalue weighted by Crippen LogP contribution is -1.91. The average molecular weight is 320 g/mol. The summed E-state index contributed by atoms with van der Waals surface area (Å²) in [6, 6.07) is 7.16. The van der Waals surface area contributed by atoms with E-state index in [2.05, 4.69) is 9.97 Å². The first-order chi connectivity index (χ1) is 8.54. The molecule has 1 heterocycles. The van der Waals surface area contributed by atoms with Crippen molar-refractivity contribution < 1.29 is 0 Å². The van der Waals surface area contributed by atoms with Gasteiger partial charge in [0.25, 0.3) is 0 Å². The van der Waals surface area contributed by atoms with E-state index in [1.165, 1.54) is 11.8 Å². The van der Waals surface area contributed by atoms with Gasteiger partial charge in [-0.15, -0.1) is 0 Å². The maximum absolute atomic E-state index is 6.09. The first kappa shape index (κ1) is 13.9. The second kappa shape index (κ2) is 6.11. The van der Waals surface area contributed by atoms with Crippen molar-refractivity contribution in [3.05, 3.63) is 50.7 Å². The molecule has 0 amide bonds. The van der Waals surface area contributed by atoms with E-state index in [0.717, 1.165) is 11.3 Å². The minimum atomic E-state index is 0.451. The standard InChI is InChI=1S/C12H9Cl3N2S/c1-7-4-11(15)17-12(16-7)18-6-8-2-3-9(13)5-10(8)14/h2-5H,6H2,1H3. The van der Waals surface area contributed by atoms with Gasteiger partial charge in [-0.05, 0) is 30.7 Å². The minimum absolute atomic E-state index is 0.451. The van der Waals surface area contributed by atoms with Gasteiger partial charge in [-0.3, -0.25) is 0 Å². The fraction of sp³-hybridized carbons (Fsp3) is 0.167. The van der Waals surface area contributed by atoms with Crippen molar-refractivity contribution >= 4 is 46.6 Å². The van der Waals surface area contributed by atoms with E-state index in [0.29, 0.717) is 26.1 Å². The molecule has 1 aromatic heterocycles. The summed E-state index contributed by atoms with van der Waals surface area (Å²) in [5.74, 6) is 0.676. The lowest BCUT2D eigenvalue weighted by atomic mass is 10.2. The summed E-state index contributed by atoms with van der Waals surface area (Å²) in [5, 5.41) is 2.37. The van der Waals surface area contributed by atoms with Gasteiger partial charge in [0.2, 0.25) is 0 Å². The van der Waals surface area contributed by atoms with E-state index in [-0.39, 0.29) is 0 Å². The highest BCUT2D eigenvalue weighted by molar-refractivity contribution is 7.98. The van der Waals surface area contributed by atoms with Crippen LogP contribution in [-0.4, -0.2) is 9.97 Å². The molecule has 0 aliphatic rings. The van der Waals surface area contributed by atoms with Gasteiger partial charge in [0.1, 0.15) is 5.15 Å². The van der Waals surface area contributed by atoms with Crippen molar-refractivity contribution in [1.82, 2.24) is 9.97 Å². The number of aryl methyl sites for hydroxylation is 1. The Kier molecular flexibility index (Phi) is 4.73. The highest BCUT2D eigenvalue weighted by atomic mass is 35.5. The van der Waals surface area contributed by atoms with Crippen molar-refractivity contribution in [2.75, 3.05) is 0 Å². The molecule has 0 bridgehead atoms. The van der Waals surface area contributed by atoms with E-state index >= 15 is 0 Å². The van der Waals surface area contributed by atoms with Gasteiger partial charge in [-0.2, -0.15) is 0 Å². The maximum atomic E-state index is 6.09. The molecule has 0 N–H and O–H groups in total. The lowest BCUT2D eigenvalue weighted by Gasteiger charge is -2.04. The van der Waals surface area contributed by atoms with Crippen LogP contribution in [0.15, 0.2) is 29.4 Å². The monoisotopic (exact) mass is 318 g/mol. The van der Waals surface area contributed by atoms with E-state index < -0.39 is 0 Å². The van der Waals surface area contributed by atoms with Crippen LogP contribution in [-0.2, 0) is 5.75 Å². The van der Waals surface area contributed by atoms with Gasteiger partial charge >= 0.3 is 0 Å². The quantitative estimate of drug-likeness (QED) is 0.450. The molecule has 0 fully saturated rings. The molecule has 0 radical (unpaired) electrons. The summed E-state index contributed by atoms with van der Waals surface area (Å²) < 4.78 is 0. The molecule has 6 heteroatoms. The van der Waals surface area contributed by atoms with E-state index in [9.17, 15) is 0 Å². The highest BCUT2D eigenvalue weighted by Gasteiger charge is 2.05. The summed E-state index contributed by atoms with van der Waals surface area (Å²) in [5.41, 5.74) is 1.84. The smallest absolute Gasteiger partial charge is 0.189 e. The molecule has 0 unspecified atom stereocenters. The number of rotatable bonds is 3. The minimum Gasteiger partial charge on any atom is -0.228 e. The molecule has 2 aromatic rings. The number of hydrogen-bond donors (Lipinski definition) is 0. The van der Waals surface area contributed by atoms with Crippen LogP contribution >= 0.6 is 46.6 Å². The summed E-state index contributed by atoms with van der Waals surface area (Å²) in [6.07, 6.45) is 0. The van der Waals surface area contributed by atoms with Gasteiger partial charge in [0.15, 0.2) is 5.16 Å². The largest absolute Gasteiger partial charge is 0.228 e. The molecule has 2 rings (SSSR count). The zero-order valence-electron chi connectivity index (χ0n) is 9.45. The fourth-order valence-electron chi connectivity index (χ4n) is 1.35. The number of hydrogen-bond acceptors (Lipinski definition) is 3. The van der Waals surface area contributed by atoms with Crippen molar-refractivity contribution in [3.63, 3.8) is 0 Å². The average Bonchev–Trinajstić information content (AvgIpc) is 2.26. The molecule has 0 saturated carbocycles. The SMILES string of the molecule is Cc1cc(Cl)nc(SCc2ccc(Cl)cc2Cl)n1. The zero-order valence-corrected chi connectivity index (χ0v) is 12.5. The number of halogens is 3. The molecule has 0 saturated heterocycles. The second-order valence-electron chi connectivity index (χ2n) is 3.64. The Morgan fingerprint density at radius 1 is 1.11 bits per heavy atom. The third-order valence-corrected chi connectivity index (χ3v) is 3.85. The molecular weight excluding hydrogens is 311 g/mol. The molecule has 2 nitrogen and oxygen atoms in total. The number of aromatic nitrogens is 2. The van der Waals surface area contributed by atoms with Crippen LogP contribution in [0.5, 0.6) is 0 Å². The molecule has 0 aliphatic carbocycles. The molecule has 1 aromatic carbocycles. The molecule has 0 atom stereocenters. The number of thioether (sulfide) groups is 1. The van der Waals surface area contributed by atoms with Gasteiger partial charge in [-0.1, -0.05) is 52.6 Å². The fourth-order valence-corrected chi connectivity index (χ4v) is 3.10. The molecule has 0 spiro atoms. The summed E-state index contributed by atoms with van der Waals surface area (Å²) in [7, 11) is 0. The third kappa shape index (κ3) is 3.75. The first-order valence-electron chi connectivity index (χ1n) is 5.12.